The fourth-order valence-corrected chi connectivity index (χ4v) is 7.73. The number of hydrogen-bond acceptors (Lipinski definition) is 12. The molecule has 8 atom stereocenters. The molecule has 1 fully saturated rings. The number of phosphoric acid groups is 1. The highest BCUT2D eigenvalue weighted by molar-refractivity contribution is 7.47. The molecule has 0 radical (unpaired) electrons. The van der Waals surface area contributed by atoms with Crippen molar-refractivity contribution >= 4 is 19.8 Å². The lowest BCUT2D eigenvalue weighted by Crippen LogP contribution is -2.64. The highest BCUT2D eigenvalue weighted by atomic mass is 31.2. The fourth-order valence-electron chi connectivity index (χ4n) is 6.75. The van der Waals surface area contributed by atoms with Crippen molar-refractivity contribution in [2.75, 3.05) is 13.2 Å². The van der Waals surface area contributed by atoms with Gasteiger partial charge in [-0.05, 0) is 38.5 Å². The number of aliphatic hydroxyl groups is 5. The average Bonchev–Trinajstić information content (AvgIpc) is 3.18. The van der Waals surface area contributed by atoms with Crippen LogP contribution in [0.4, 0.5) is 0 Å². The summed E-state index contributed by atoms with van der Waals surface area (Å²) >= 11 is 0. The minimum atomic E-state index is -5.11. The number of esters is 2. The smallest absolute Gasteiger partial charge is 0.462 e. The number of carbonyl (C=O) groups is 2. The molecule has 0 aromatic rings. The lowest BCUT2D eigenvalue weighted by molar-refractivity contribution is -0.220. The van der Waals surface area contributed by atoms with E-state index in [9.17, 15) is 44.6 Å². The monoisotopic (exact) mass is 823 g/mol. The number of phosphoric ester groups is 1. The Hall–Kier alpha value is -1.41. The second kappa shape index (κ2) is 33.4. The Bertz CT molecular complexity index is 1040. The number of ether oxygens (including phenoxy) is 2. The van der Waals surface area contributed by atoms with E-state index >= 15 is 0 Å². The van der Waals surface area contributed by atoms with Crippen LogP contribution in [0.15, 0.2) is 12.2 Å². The first-order chi connectivity index (χ1) is 26.9. The number of rotatable bonds is 36. The summed E-state index contributed by atoms with van der Waals surface area (Å²) in [6.45, 7) is 3.27. The third-order valence-corrected chi connectivity index (χ3v) is 11.3. The predicted molar refractivity (Wildman–Crippen MR) is 217 cm³/mol. The molecule has 0 bridgehead atoms. The molecule has 1 aliphatic carbocycles. The molecule has 0 saturated heterocycles. The Kier molecular flexibility index (Phi) is 31.4. The van der Waals surface area contributed by atoms with E-state index in [0.29, 0.717) is 12.8 Å². The summed E-state index contributed by atoms with van der Waals surface area (Å²) in [6, 6.07) is 0. The van der Waals surface area contributed by atoms with Gasteiger partial charge < -0.3 is 39.9 Å². The van der Waals surface area contributed by atoms with E-state index in [1.165, 1.54) is 89.9 Å². The van der Waals surface area contributed by atoms with Crippen LogP contribution in [0, 0.1) is 0 Å². The fraction of sp³-hybridized carbons (Fsp3) is 0.905. The van der Waals surface area contributed by atoms with E-state index in [2.05, 4.69) is 26.0 Å². The Morgan fingerprint density at radius 3 is 1.36 bits per heavy atom. The molecule has 56 heavy (non-hydrogen) atoms. The van der Waals surface area contributed by atoms with Crippen molar-refractivity contribution in [1.82, 2.24) is 0 Å². The first kappa shape index (κ1) is 52.6. The molecule has 0 amide bonds. The molecule has 1 aliphatic rings. The van der Waals surface area contributed by atoms with Gasteiger partial charge in [-0.2, -0.15) is 0 Å². The van der Waals surface area contributed by atoms with E-state index < -0.39 is 75.7 Å². The van der Waals surface area contributed by atoms with E-state index in [1.807, 2.05) is 0 Å². The number of allylic oxidation sites excluding steroid dienone is 2. The number of hydrogen-bond donors (Lipinski definition) is 6. The molecule has 0 heterocycles. The normalized spacial score (nSPS) is 22.9. The third-order valence-electron chi connectivity index (χ3n) is 10.4. The molecule has 6 N–H and O–H groups in total. The molecule has 0 aliphatic heterocycles. The van der Waals surface area contributed by atoms with Gasteiger partial charge in [0.2, 0.25) is 0 Å². The molecular weight excluding hydrogens is 743 g/mol. The van der Waals surface area contributed by atoms with Gasteiger partial charge in [-0.3, -0.25) is 18.6 Å². The number of carbonyl (C=O) groups excluding carboxylic acids is 2. The van der Waals surface area contributed by atoms with Gasteiger partial charge in [0, 0.05) is 12.8 Å². The van der Waals surface area contributed by atoms with Crippen molar-refractivity contribution in [1.29, 1.82) is 0 Å². The molecular formula is C42H79O13P. The van der Waals surface area contributed by atoms with Gasteiger partial charge >= 0.3 is 19.8 Å². The predicted octanol–water partition coefficient (Wildman–Crippen LogP) is 7.89. The quantitative estimate of drug-likeness (QED) is 0.0154. The molecule has 0 aromatic carbocycles. The summed E-state index contributed by atoms with van der Waals surface area (Å²) in [5.74, 6) is -1.10. The second-order valence-corrected chi connectivity index (χ2v) is 17.0. The van der Waals surface area contributed by atoms with Crippen LogP contribution in [0.1, 0.15) is 187 Å². The van der Waals surface area contributed by atoms with Crippen LogP contribution in [-0.4, -0.2) is 98.3 Å². The lowest BCUT2D eigenvalue weighted by Gasteiger charge is -2.41. The molecule has 1 saturated carbocycles. The van der Waals surface area contributed by atoms with Crippen LogP contribution in [0.3, 0.4) is 0 Å². The van der Waals surface area contributed by atoms with Crippen molar-refractivity contribution in [3.8, 4) is 0 Å². The van der Waals surface area contributed by atoms with Gasteiger partial charge in [-0.25, -0.2) is 4.57 Å². The standard InChI is InChI=1S/C42H79O13P/c1-3-5-7-9-11-13-15-16-17-18-19-21-23-25-27-29-31-36(44)54-34(32-52-35(43)30-28-26-24-22-20-14-12-10-8-6-4-2)33-53-56(50,51)55-42-40(48)38(46)37(45)39(47)41(42)49/h17-18,34,37-42,45-49H,3-16,19-33H2,1-2H3,(H,50,51)/b18-17-/t34-,37?,38-,39?,40?,41?,42?/m1/s1. The molecule has 0 spiro atoms. The van der Waals surface area contributed by atoms with Crippen molar-refractivity contribution in [2.24, 2.45) is 0 Å². The zero-order valence-corrected chi connectivity index (χ0v) is 35.6. The Balaban J connectivity index is 2.48. The first-order valence-electron chi connectivity index (χ1n) is 22.0. The maximum atomic E-state index is 12.8. The number of aliphatic hydroxyl groups excluding tert-OH is 5. The Morgan fingerprint density at radius 2 is 0.911 bits per heavy atom. The van der Waals surface area contributed by atoms with E-state index in [-0.39, 0.29) is 12.8 Å². The maximum Gasteiger partial charge on any atom is 0.472 e. The highest BCUT2D eigenvalue weighted by Gasteiger charge is 2.51. The lowest BCUT2D eigenvalue weighted by atomic mass is 9.85. The van der Waals surface area contributed by atoms with Crippen LogP contribution in [0.2, 0.25) is 0 Å². The summed E-state index contributed by atoms with van der Waals surface area (Å²) in [5, 5.41) is 50.0. The third kappa shape index (κ3) is 25.8. The average molecular weight is 823 g/mol. The molecule has 330 valence electrons. The van der Waals surface area contributed by atoms with Crippen molar-refractivity contribution in [3.63, 3.8) is 0 Å². The topological polar surface area (TPSA) is 210 Å². The SMILES string of the molecule is CCCCCCCCC/C=C\CCCCCCCC(=O)O[C@H](COC(=O)CCCCCCCCCCCCC)COP(=O)(O)OC1C(O)C(O)C(O)[C@@H](O)C1O. The van der Waals surface area contributed by atoms with Gasteiger partial charge in [0.1, 0.15) is 43.2 Å². The first-order valence-corrected chi connectivity index (χ1v) is 23.5. The summed E-state index contributed by atoms with van der Waals surface area (Å²) in [5.41, 5.74) is 0. The molecule has 0 aromatic heterocycles. The zero-order chi connectivity index (χ0) is 41.4. The van der Waals surface area contributed by atoms with Crippen molar-refractivity contribution in [3.05, 3.63) is 12.2 Å². The minimum absolute atomic E-state index is 0.0907. The summed E-state index contributed by atoms with van der Waals surface area (Å²) in [7, 11) is -5.11. The van der Waals surface area contributed by atoms with Crippen molar-refractivity contribution in [2.45, 2.75) is 230 Å². The van der Waals surface area contributed by atoms with E-state index in [0.717, 1.165) is 57.8 Å². The van der Waals surface area contributed by atoms with E-state index in [1.54, 1.807) is 0 Å². The van der Waals surface area contributed by atoms with Crippen LogP contribution in [-0.2, 0) is 32.7 Å². The van der Waals surface area contributed by atoms with E-state index in [4.69, 9.17) is 18.5 Å². The van der Waals surface area contributed by atoms with Crippen LogP contribution < -0.4 is 0 Å². The largest absolute Gasteiger partial charge is 0.472 e. The zero-order valence-electron chi connectivity index (χ0n) is 34.7. The second-order valence-electron chi connectivity index (χ2n) is 15.6. The molecule has 14 heteroatoms. The van der Waals surface area contributed by atoms with Crippen LogP contribution in [0.25, 0.3) is 0 Å². The van der Waals surface area contributed by atoms with Gasteiger partial charge in [0.05, 0.1) is 6.61 Å². The summed E-state index contributed by atoms with van der Waals surface area (Å²) in [4.78, 5) is 35.6. The van der Waals surface area contributed by atoms with Gasteiger partial charge in [-0.15, -0.1) is 0 Å². The van der Waals surface area contributed by atoms with Gasteiger partial charge in [-0.1, -0.05) is 148 Å². The van der Waals surface area contributed by atoms with Crippen LogP contribution >= 0.6 is 7.82 Å². The molecule has 1 rings (SSSR count). The summed E-state index contributed by atoms with van der Waals surface area (Å²) < 4.78 is 33.4. The van der Waals surface area contributed by atoms with Crippen molar-refractivity contribution < 1.29 is 63.1 Å². The maximum absolute atomic E-state index is 12.8. The number of unbranched alkanes of at least 4 members (excludes halogenated alkanes) is 22. The highest BCUT2D eigenvalue weighted by Crippen LogP contribution is 2.47. The minimum Gasteiger partial charge on any atom is -0.462 e. The summed E-state index contributed by atoms with van der Waals surface area (Å²) in [6.07, 6.45) is 19.9. The Morgan fingerprint density at radius 1 is 0.536 bits per heavy atom. The van der Waals surface area contributed by atoms with Gasteiger partial charge in [0.25, 0.3) is 0 Å². The van der Waals surface area contributed by atoms with Gasteiger partial charge in [0.15, 0.2) is 6.10 Å². The Labute approximate surface area is 337 Å². The molecule has 13 nitrogen and oxygen atoms in total. The van der Waals surface area contributed by atoms with Crippen LogP contribution in [0.5, 0.6) is 0 Å². The molecule has 6 unspecified atom stereocenters.